The van der Waals surface area contributed by atoms with Crippen LogP contribution in [-0.4, -0.2) is 45.8 Å². The number of phenolic OH excluding ortho intramolecular Hbond substituents is 1. The van der Waals surface area contributed by atoms with E-state index in [1.807, 2.05) is 6.92 Å². The second-order valence-electron chi connectivity index (χ2n) is 5.65. The Morgan fingerprint density at radius 1 is 1.40 bits per heavy atom. The molecule has 0 bridgehead atoms. The molecule has 1 aliphatic heterocycles. The Morgan fingerprint density at radius 2 is 2.00 bits per heavy atom. The van der Waals surface area contributed by atoms with Crippen molar-refractivity contribution < 1.29 is 15.0 Å². The standard InChI is InChI=1S/C15H22N2O3/c1-2-7-15(20)9-17(10-15)14(19)13(16)8-11-3-5-12(18)6-4-11/h3-6,13,18,20H,2,7-10,16H2,1H3. The summed E-state index contributed by atoms with van der Waals surface area (Å²) in [6.07, 6.45) is 2.05. The maximum atomic E-state index is 12.1. The van der Waals surface area contributed by atoms with E-state index in [4.69, 9.17) is 5.73 Å². The molecule has 5 nitrogen and oxygen atoms in total. The Labute approximate surface area is 119 Å². The highest BCUT2D eigenvalue weighted by Crippen LogP contribution is 2.26. The Kier molecular flexibility index (Phi) is 4.30. The summed E-state index contributed by atoms with van der Waals surface area (Å²) < 4.78 is 0. The summed E-state index contributed by atoms with van der Waals surface area (Å²) in [5.74, 6) is 0.0693. The van der Waals surface area contributed by atoms with Crippen LogP contribution in [0.4, 0.5) is 0 Å². The van der Waals surface area contributed by atoms with Gasteiger partial charge in [-0.2, -0.15) is 0 Å². The number of nitrogens with two attached hydrogens (primary N) is 1. The van der Waals surface area contributed by atoms with Gasteiger partial charge in [0, 0.05) is 0 Å². The van der Waals surface area contributed by atoms with E-state index in [-0.39, 0.29) is 11.7 Å². The molecule has 0 saturated carbocycles. The largest absolute Gasteiger partial charge is 0.508 e. The number of β-amino-alcohol motifs (C(OH)–C–C–N with tert-alkyl or cyclic N) is 1. The van der Waals surface area contributed by atoms with Crippen LogP contribution < -0.4 is 5.73 Å². The van der Waals surface area contributed by atoms with Crippen molar-refractivity contribution in [2.45, 2.75) is 37.8 Å². The van der Waals surface area contributed by atoms with Crippen LogP contribution in [0.15, 0.2) is 24.3 Å². The van der Waals surface area contributed by atoms with Crippen LogP contribution in [0.3, 0.4) is 0 Å². The average Bonchev–Trinajstić information content (AvgIpc) is 2.38. The van der Waals surface area contributed by atoms with Gasteiger partial charge in [-0.3, -0.25) is 4.79 Å². The third-order valence-corrected chi connectivity index (χ3v) is 3.71. The minimum absolute atomic E-state index is 0.126. The highest BCUT2D eigenvalue weighted by molar-refractivity contribution is 5.83. The lowest BCUT2D eigenvalue weighted by atomic mass is 9.88. The van der Waals surface area contributed by atoms with Crippen LogP contribution in [0.5, 0.6) is 5.75 Å². The lowest BCUT2D eigenvalue weighted by Gasteiger charge is -2.47. The fourth-order valence-corrected chi connectivity index (χ4v) is 2.65. The van der Waals surface area contributed by atoms with Gasteiger partial charge in [-0.1, -0.05) is 25.5 Å². The molecule has 1 aromatic carbocycles. The highest BCUT2D eigenvalue weighted by atomic mass is 16.3. The first kappa shape index (κ1) is 14.8. The van der Waals surface area contributed by atoms with Gasteiger partial charge in [0.2, 0.25) is 5.91 Å². The normalized spacial score (nSPS) is 18.4. The molecule has 2 rings (SSSR count). The van der Waals surface area contributed by atoms with Gasteiger partial charge < -0.3 is 20.8 Å². The van der Waals surface area contributed by atoms with E-state index in [0.29, 0.717) is 25.9 Å². The Morgan fingerprint density at radius 3 is 2.55 bits per heavy atom. The van der Waals surface area contributed by atoms with Crippen molar-refractivity contribution >= 4 is 5.91 Å². The Hall–Kier alpha value is -1.59. The number of carbonyl (C=O) groups is 1. The van der Waals surface area contributed by atoms with E-state index in [2.05, 4.69) is 0 Å². The fourth-order valence-electron chi connectivity index (χ4n) is 2.65. The lowest BCUT2D eigenvalue weighted by Crippen LogP contribution is -2.66. The number of likely N-dealkylation sites (tertiary alicyclic amines) is 1. The summed E-state index contributed by atoms with van der Waals surface area (Å²) in [7, 11) is 0. The van der Waals surface area contributed by atoms with Crippen molar-refractivity contribution in [2.75, 3.05) is 13.1 Å². The smallest absolute Gasteiger partial charge is 0.240 e. The minimum Gasteiger partial charge on any atom is -0.508 e. The molecule has 20 heavy (non-hydrogen) atoms. The van der Waals surface area contributed by atoms with Crippen LogP contribution in [0.1, 0.15) is 25.3 Å². The van der Waals surface area contributed by atoms with E-state index in [1.165, 1.54) is 0 Å². The van der Waals surface area contributed by atoms with E-state index in [9.17, 15) is 15.0 Å². The van der Waals surface area contributed by atoms with Crippen molar-refractivity contribution in [3.05, 3.63) is 29.8 Å². The van der Waals surface area contributed by atoms with Gasteiger partial charge in [0.05, 0.1) is 24.7 Å². The van der Waals surface area contributed by atoms with Crippen molar-refractivity contribution in [1.29, 1.82) is 0 Å². The van der Waals surface area contributed by atoms with E-state index >= 15 is 0 Å². The molecule has 1 fully saturated rings. The molecular weight excluding hydrogens is 256 g/mol. The first-order valence-corrected chi connectivity index (χ1v) is 6.98. The number of aromatic hydroxyl groups is 1. The van der Waals surface area contributed by atoms with Gasteiger partial charge >= 0.3 is 0 Å². The predicted octanol–water partition coefficient (Wildman–Crippen LogP) is 0.635. The average molecular weight is 278 g/mol. The first-order chi connectivity index (χ1) is 9.43. The zero-order valence-electron chi connectivity index (χ0n) is 11.7. The van der Waals surface area contributed by atoms with E-state index in [0.717, 1.165) is 12.0 Å². The van der Waals surface area contributed by atoms with Crippen LogP contribution in [0, 0.1) is 0 Å². The summed E-state index contributed by atoms with van der Waals surface area (Å²) in [6.45, 7) is 2.77. The molecule has 1 amide bonds. The minimum atomic E-state index is -0.720. The molecule has 1 unspecified atom stereocenters. The third kappa shape index (κ3) is 3.29. The van der Waals surface area contributed by atoms with Crippen LogP contribution in [0.25, 0.3) is 0 Å². The van der Waals surface area contributed by atoms with E-state index < -0.39 is 11.6 Å². The summed E-state index contributed by atoms with van der Waals surface area (Å²) in [4.78, 5) is 13.7. The van der Waals surface area contributed by atoms with E-state index in [1.54, 1.807) is 29.2 Å². The molecule has 0 spiro atoms. The van der Waals surface area contributed by atoms with Crippen LogP contribution in [0.2, 0.25) is 0 Å². The molecule has 1 aromatic rings. The summed E-state index contributed by atoms with van der Waals surface area (Å²) in [5.41, 5.74) is 6.12. The number of rotatable bonds is 5. The number of nitrogens with zero attached hydrogens (tertiary/aromatic N) is 1. The number of carbonyl (C=O) groups excluding carboxylic acids is 1. The summed E-state index contributed by atoms with van der Waals surface area (Å²) in [6, 6.07) is 6.07. The maximum absolute atomic E-state index is 12.1. The number of amides is 1. The van der Waals surface area contributed by atoms with Gasteiger partial charge in [0.15, 0.2) is 0 Å². The molecule has 4 N–H and O–H groups in total. The number of benzene rings is 1. The molecule has 0 aromatic heterocycles. The first-order valence-electron chi connectivity index (χ1n) is 6.98. The molecule has 0 radical (unpaired) electrons. The number of aliphatic hydroxyl groups is 1. The van der Waals surface area contributed by atoms with Gasteiger partial charge in [-0.25, -0.2) is 0 Å². The Balaban J connectivity index is 1.86. The third-order valence-electron chi connectivity index (χ3n) is 3.71. The Bertz CT molecular complexity index is 467. The zero-order valence-corrected chi connectivity index (χ0v) is 11.7. The summed E-state index contributed by atoms with van der Waals surface area (Å²) in [5, 5.41) is 19.3. The van der Waals surface area contributed by atoms with Crippen molar-refractivity contribution in [2.24, 2.45) is 5.73 Å². The number of phenols is 1. The second-order valence-corrected chi connectivity index (χ2v) is 5.65. The lowest BCUT2D eigenvalue weighted by molar-refractivity contribution is -0.157. The van der Waals surface area contributed by atoms with Crippen molar-refractivity contribution in [3.63, 3.8) is 0 Å². The zero-order chi connectivity index (χ0) is 14.8. The SMILES string of the molecule is CCCC1(O)CN(C(=O)C(N)Cc2ccc(O)cc2)C1. The topological polar surface area (TPSA) is 86.8 Å². The maximum Gasteiger partial charge on any atom is 0.240 e. The quantitative estimate of drug-likeness (QED) is 0.737. The molecule has 110 valence electrons. The monoisotopic (exact) mass is 278 g/mol. The van der Waals surface area contributed by atoms with Gasteiger partial charge in [0.1, 0.15) is 5.75 Å². The fraction of sp³-hybridized carbons (Fsp3) is 0.533. The molecule has 1 heterocycles. The van der Waals surface area contributed by atoms with Crippen LogP contribution >= 0.6 is 0 Å². The highest BCUT2D eigenvalue weighted by Gasteiger charge is 2.43. The molecular formula is C15H22N2O3. The number of hydrogen-bond donors (Lipinski definition) is 3. The van der Waals surface area contributed by atoms with Crippen molar-refractivity contribution in [3.8, 4) is 5.75 Å². The molecule has 1 aliphatic rings. The van der Waals surface area contributed by atoms with Crippen LogP contribution in [-0.2, 0) is 11.2 Å². The van der Waals surface area contributed by atoms with Gasteiger partial charge in [-0.15, -0.1) is 0 Å². The molecule has 0 aliphatic carbocycles. The van der Waals surface area contributed by atoms with Gasteiger partial charge in [0.25, 0.3) is 0 Å². The number of hydrogen-bond acceptors (Lipinski definition) is 4. The second kappa shape index (κ2) is 5.81. The molecule has 1 saturated heterocycles. The van der Waals surface area contributed by atoms with Crippen molar-refractivity contribution in [1.82, 2.24) is 4.90 Å². The molecule has 5 heteroatoms. The van der Waals surface area contributed by atoms with Gasteiger partial charge in [-0.05, 0) is 30.5 Å². The molecule has 1 atom stereocenters. The summed E-state index contributed by atoms with van der Waals surface area (Å²) >= 11 is 0. The predicted molar refractivity (Wildman–Crippen MR) is 76.2 cm³/mol.